The van der Waals surface area contributed by atoms with Crippen molar-refractivity contribution in [3.63, 3.8) is 0 Å². The van der Waals surface area contributed by atoms with E-state index in [4.69, 9.17) is 0 Å². The summed E-state index contributed by atoms with van der Waals surface area (Å²) in [4.78, 5) is -0.00926. The summed E-state index contributed by atoms with van der Waals surface area (Å²) in [5.74, 6) is 0. The van der Waals surface area contributed by atoms with Crippen molar-refractivity contribution in [1.29, 1.82) is 0 Å². The van der Waals surface area contributed by atoms with Crippen molar-refractivity contribution in [3.05, 3.63) is 0 Å². The molecule has 2 unspecified atom stereocenters. The summed E-state index contributed by atoms with van der Waals surface area (Å²) in [6.07, 6.45) is -4.14. The van der Waals surface area contributed by atoms with Gasteiger partial charge >= 0.3 is 7.69 Å². The second kappa shape index (κ2) is 4.54. The molecule has 2 atom stereocenters. The Morgan fingerprint density at radius 2 is 2.00 bits per heavy atom. The monoisotopic (exact) mass is 156 g/mol. The highest BCUT2D eigenvalue weighted by molar-refractivity contribution is 6.22. The molecule has 0 fully saturated rings. The molecule has 0 amide bonds. The van der Waals surface area contributed by atoms with Crippen LogP contribution in [0.25, 0.3) is 0 Å². The Labute approximate surface area is 57.3 Å². The first-order valence-corrected chi connectivity index (χ1v) is 2.67. The molecule has 0 aromatic heterocycles. The van der Waals surface area contributed by atoms with E-state index in [0.29, 0.717) is 0 Å². The van der Waals surface area contributed by atoms with E-state index in [1.54, 1.807) is 0 Å². The van der Waals surface area contributed by atoms with Gasteiger partial charge in [-0.25, -0.2) is 13.2 Å². The van der Waals surface area contributed by atoms with E-state index in [9.17, 15) is 17.5 Å². The Bertz CT molecular complexity index is 87.3. The van der Waals surface area contributed by atoms with Gasteiger partial charge in [0.25, 0.3) is 0 Å². The molecule has 0 aromatic rings. The molecule has 0 spiro atoms. The SMILES string of the molecule is CC(F)C(F)N([B]F)CF. The molecule has 0 aliphatic rings. The number of rotatable bonds is 4. The second-order valence-corrected chi connectivity index (χ2v) is 1.78. The molecule has 0 aliphatic carbocycles. The van der Waals surface area contributed by atoms with Crippen LogP contribution in [-0.2, 0) is 0 Å². The highest BCUT2D eigenvalue weighted by atomic mass is 19.2. The molecule has 6 heteroatoms. The summed E-state index contributed by atoms with van der Waals surface area (Å²) in [6, 6.07) is 0. The van der Waals surface area contributed by atoms with Gasteiger partial charge in [-0.05, 0) is 6.92 Å². The topological polar surface area (TPSA) is 3.24 Å². The maximum atomic E-state index is 12.2. The Morgan fingerprint density at radius 1 is 1.50 bits per heavy atom. The van der Waals surface area contributed by atoms with Gasteiger partial charge in [-0.3, -0.25) is 4.81 Å². The van der Waals surface area contributed by atoms with Gasteiger partial charge in [-0.15, -0.1) is 0 Å². The zero-order valence-electron chi connectivity index (χ0n) is 5.40. The van der Waals surface area contributed by atoms with Crippen molar-refractivity contribution in [2.24, 2.45) is 0 Å². The zero-order valence-corrected chi connectivity index (χ0v) is 5.40. The zero-order chi connectivity index (χ0) is 8.15. The molecular formula is C4H7BF4N. The van der Waals surface area contributed by atoms with E-state index in [-0.39, 0.29) is 12.5 Å². The van der Waals surface area contributed by atoms with Crippen molar-refractivity contribution in [2.75, 3.05) is 6.80 Å². The number of halogens is 4. The predicted molar refractivity (Wildman–Crippen MR) is 30.1 cm³/mol. The van der Waals surface area contributed by atoms with E-state index in [0.717, 1.165) is 6.92 Å². The largest absolute Gasteiger partial charge is 0.458 e. The van der Waals surface area contributed by atoms with Crippen LogP contribution in [0.5, 0.6) is 0 Å². The average molecular weight is 156 g/mol. The highest BCUT2D eigenvalue weighted by Gasteiger charge is 2.24. The molecule has 10 heavy (non-hydrogen) atoms. The van der Waals surface area contributed by atoms with Gasteiger partial charge < -0.3 is 4.32 Å². The Kier molecular flexibility index (Phi) is 4.43. The standard InChI is InChI=1S/C4H7BF4N/c1-3(7)4(8)10(2-6)5-9/h3-4H,2H2,1H3. The molecule has 1 nitrogen and oxygen atoms in total. The van der Waals surface area contributed by atoms with Gasteiger partial charge in [0.2, 0.25) is 0 Å². The van der Waals surface area contributed by atoms with Crippen LogP contribution in [0.3, 0.4) is 0 Å². The predicted octanol–water partition coefficient (Wildman–Crippen LogP) is 1.37. The first kappa shape index (κ1) is 9.74. The molecule has 59 valence electrons. The van der Waals surface area contributed by atoms with Gasteiger partial charge in [0.1, 0.15) is 13.0 Å². The lowest BCUT2D eigenvalue weighted by atomic mass is 10.2. The number of hydrogen-bond acceptors (Lipinski definition) is 1. The van der Waals surface area contributed by atoms with E-state index < -0.39 is 19.3 Å². The summed E-state index contributed by atoms with van der Waals surface area (Å²) in [7, 11) is -0.319. The molecule has 0 saturated heterocycles. The van der Waals surface area contributed by atoms with Crippen LogP contribution in [0.1, 0.15) is 6.92 Å². The van der Waals surface area contributed by atoms with Crippen molar-refractivity contribution >= 4 is 7.69 Å². The van der Waals surface area contributed by atoms with Crippen molar-refractivity contribution in [2.45, 2.75) is 19.4 Å². The maximum Gasteiger partial charge on any atom is 0.458 e. The number of hydrogen-bond donors (Lipinski definition) is 0. The van der Waals surface area contributed by atoms with Gasteiger partial charge in [-0.1, -0.05) is 0 Å². The molecule has 0 bridgehead atoms. The highest BCUT2D eigenvalue weighted by Crippen LogP contribution is 2.08. The van der Waals surface area contributed by atoms with Crippen LogP contribution in [0, 0.1) is 0 Å². The molecule has 0 aliphatic heterocycles. The Morgan fingerprint density at radius 3 is 2.10 bits per heavy atom. The Balaban J connectivity index is 3.76. The first-order chi connectivity index (χ1) is 4.63. The fraction of sp³-hybridized carbons (Fsp3) is 1.00. The minimum atomic E-state index is -2.24. The third-order valence-electron chi connectivity index (χ3n) is 0.959. The number of alkyl halides is 3. The van der Waals surface area contributed by atoms with Crippen LogP contribution in [0.4, 0.5) is 17.5 Å². The summed E-state index contributed by atoms with van der Waals surface area (Å²) in [5, 5.41) is 0. The summed E-state index contributed by atoms with van der Waals surface area (Å²) >= 11 is 0. The van der Waals surface area contributed by atoms with Gasteiger partial charge in [0.15, 0.2) is 6.30 Å². The van der Waals surface area contributed by atoms with E-state index >= 15 is 0 Å². The second-order valence-electron chi connectivity index (χ2n) is 1.78. The molecule has 0 heterocycles. The van der Waals surface area contributed by atoms with Crippen LogP contribution in [-0.4, -0.2) is 31.8 Å². The summed E-state index contributed by atoms with van der Waals surface area (Å²) < 4.78 is 47.1. The number of nitrogens with zero attached hydrogens (tertiary/aromatic N) is 1. The smallest absolute Gasteiger partial charge is 0.316 e. The van der Waals surface area contributed by atoms with Gasteiger partial charge in [0.05, 0.1) is 0 Å². The van der Waals surface area contributed by atoms with E-state index in [1.165, 1.54) is 0 Å². The van der Waals surface area contributed by atoms with Gasteiger partial charge in [0, 0.05) is 0 Å². The third kappa shape index (κ3) is 2.55. The summed E-state index contributed by atoms with van der Waals surface area (Å²) in [5.41, 5.74) is 0. The molecule has 0 saturated carbocycles. The Hall–Kier alpha value is -0.255. The van der Waals surface area contributed by atoms with Crippen LogP contribution in [0.15, 0.2) is 0 Å². The van der Waals surface area contributed by atoms with Crippen LogP contribution in [0.2, 0.25) is 0 Å². The molecule has 1 radical (unpaired) electrons. The van der Waals surface area contributed by atoms with Crippen molar-refractivity contribution in [3.8, 4) is 0 Å². The molecule has 0 aromatic carbocycles. The fourth-order valence-corrected chi connectivity index (χ4v) is 0.410. The van der Waals surface area contributed by atoms with Crippen molar-refractivity contribution < 1.29 is 17.5 Å². The van der Waals surface area contributed by atoms with Crippen LogP contribution < -0.4 is 0 Å². The summed E-state index contributed by atoms with van der Waals surface area (Å²) in [6.45, 7) is -0.483. The molecular weight excluding hydrogens is 149 g/mol. The average Bonchev–Trinajstić information content (AvgIpc) is 1.90. The lowest BCUT2D eigenvalue weighted by Crippen LogP contribution is -2.38. The van der Waals surface area contributed by atoms with Gasteiger partial charge in [-0.2, -0.15) is 0 Å². The molecule has 0 rings (SSSR count). The first-order valence-electron chi connectivity index (χ1n) is 2.67. The fourth-order valence-electron chi connectivity index (χ4n) is 0.410. The maximum absolute atomic E-state index is 12.2. The normalized spacial score (nSPS) is 17.0. The van der Waals surface area contributed by atoms with E-state index in [1.807, 2.05) is 0 Å². The van der Waals surface area contributed by atoms with E-state index in [2.05, 4.69) is 0 Å². The lowest BCUT2D eigenvalue weighted by molar-refractivity contribution is 0.0495. The van der Waals surface area contributed by atoms with Crippen LogP contribution >= 0.6 is 0 Å². The van der Waals surface area contributed by atoms with Crippen molar-refractivity contribution in [1.82, 2.24) is 4.81 Å². The minimum absolute atomic E-state index is 0.00926. The minimum Gasteiger partial charge on any atom is -0.316 e. The third-order valence-corrected chi connectivity index (χ3v) is 0.959. The molecule has 0 N–H and O–H groups in total. The lowest BCUT2D eigenvalue weighted by Gasteiger charge is -2.18. The quantitative estimate of drug-likeness (QED) is 0.337.